The number of hydrogen-bond donors (Lipinski definition) is 0. The third-order valence-corrected chi connectivity index (χ3v) is 6.24. The quantitative estimate of drug-likeness (QED) is 0.771. The molecule has 0 bridgehead atoms. The number of hydrogen-bond acceptors (Lipinski definition) is 6. The summed E-state index contributed by atoms with van der Waals surface area (Å²) in [4.78, 5) is 8.30. The highest BCUT2D eigenvalue weighted by molar-refractivity contribution is 7.89. The molecular weight excluding hydrogens is 378 g/mol. The number of benzene rings is 1. The smallest absolute Gasteiger partial charge is 0.246 e. The van der Waals surface area contributed by atoms with Gasteiger partial charge in [0.2, 0.25) is 15.9 Å². The first-order valence-electron chi connectivity index (χ1n) is 8.20. The van der Waals surface area contributed by atoms with Gasteiger partial charge in [0.25, 0.3) is 0 Å². The monoisotopic (exact) mass is 397 g/mol. The molecule has 1 aliphatic heterocycles. The van der Waals surface area contributed by atoms with Gasteiger partial charge in [-0.25, -0.2) is 13.4 Å². The topological polar surface area (TPSA) is 81.6 Å². The Labute approximate surface area is 158 Å². The van der Waals surface area contributed by atoms with Gasteiger partial charge >= 0.3 is 0 Å². The van der Waals surface area contributed by atoms with Crippen molar-refractivity contribution in [2.45, 2.75) is 30.8 Å². The largest absolute Gasteiger partial charge is 0.495 e. The van der Waals surface area contributed by atoms with Gasteiger partial charge in [0.1, 0.15) is 22.6 Å². The summed E-state index contributed by atoms with van der Waals surface area (Å²) in [6.07, 6.45) is 2.78. The molecule has 0 amide bonds. The highest BCUT2D eigenvalue weighted by atomic mass is 35.5. The lowest BCUT2D eigenvalue weighted by Crippen LogP contribution is -2.44. The Bertz CT molecular complexity index is 891. The minimum Gasteiger partial charge on any atom is -0.495 e. The van der Waals surface area contributed by atoms with Gasteiger partial charge in [-0.05, 0) is 38.0 Å². The zero-order valence-corrected chi connectivity index (χ0v) is 16.1. The third kappa shape index (κ3) is 4.08. The van der Waals surface area contributed by atoms with Crippen LogP contribution in [-0.2, 0) is 10.0 Å². The van der Waals surface area contributed by atoms with Gasteiger partial charge in [-0.1, -0.05) is 11.6 Å². The Morgan fingerprint density at radius 1 is 1.31 bits per heavy atom. The average Bonchev–Trinajstić information content (AvgIpc) is 2.62. The van der Waals surface area contributed by atoms with Crippen LogP contribution in [0.2, 0.25) is 5.02 Å². The molecule has 1 aliphatic rings. The molecule has 1 aromatic carbocycles. The lowest BCUT2D eigenvalue weighted by Gasteiger charge is -2.32. The van der Waals surface area contributed by atoms with E-state index in [2.05, 4.69) is 9.97 Å². The lowest BCUT2D eigenvalue weighted by molar-refractivity contribution is 0.124. The molecule has 3 rings (SSSR count). The van der Waals surface area contributed by atoms with Crippen molar-refractivity contribution in [3.8, 4) is 11.6 Å². The van der Waals surface area contributed by atoms with Crippen LogP contribution in [-0.4, -0.2) is 49.0 Å². The molecular formula is C17H20ClN3O4S. The molecule has 0 N–H and O–H groups in total. The van der Waals surface area contributed by atoms with Crippen LogP contribution in [0.5, 0.6) is 11.6 Å². The fourth-order valence-corrected chi connectivity index (χ4v) is 4.81. The number of nitrogens with zero attached hydrogens (tertiary/aromatic N) is 3. The number of rotatable bonds is 5. The summed E-state index contributed by atoms with van der Waals surface area (Å²) in [5, 5.41) is 0.339. The second-order valence-corrected chi connectivity index (χ2v) is 8.33. The van der Waals surface area contributed by atoms with Crippen molar-refractivity contribution < 1.29 is 17.9 Å². The number of halogens is 1. The molecule has 2 aromatic rings. The fraction of sp³-hybridized carbons (Fsp3) is 0.412. The molecule has 0 spiro atoms. The molecule has 0 radical (unpaired) electrons. The fourth-order valence-electron chi connectivity index (χ4n) is 2.88. The summed E-state index contributed by atoms with van der Waals surface area (Å²) in [5.41, 5.74) is 0. The Hall–Kier alpha value is -1.90. The summed E-state index contributed by atoms with van der Waals surface area (Å²) < 4.78 is 38.6. The first-order valence-corrected chi connectivity index (χ1v) is 10.0. The Morgan fingerprint density at radius 3 is 2.85 bits per heavy atom. The van der Waals surface area contributed by atoms with Gasteiger partial charge in [0.05, 0.1) is 13.7 Å². The van der Waals surface area contributed by atoms with Crippen molar-refractivity contribution in [3.63, 3.8) is 0 Å². The summed E-state index contributed by atoms with van der Waals surface area (Å²) in [7, 11) is -2.32. The normalized spacial score (nSPS) is 18.5. The van der Waals surface area contributed by atoms with E-state index in [0.29, 0.717) is 29.7 Å². The van der Waals surface area contributed by atoms with Crippen LogP contribution >= 0.6 is 11.6 Å². The van der Waals surface area contributed by atoms with E-state index in [0.717, 1.165) is 6.42 Å². The molecule has 0 aliphatic carbocycles. The third-order valence-electron chi connectivity index (χ3n) is 4.12. The first-order chi connectivity index (χ1) is 12.4. The van der Waals surface area contributed by atoms with Crippen molar-refractivity contribution in [2.24, 2.45) is 0 Å². The van der Waals surface area contributed by atoms with Crippen molar-refractivity contribution in [1.82, 2.24) is 14.3 Å². The lowest BCUT2D eigenvalue weighted by atomic mass is 10.1. The van der Waals surface area contributed by atoms with Gasteiger partial charge in [-0.2, -0.15) is 9.29 Å². The molecule has 1 fully saturated rings. The van der Waals surface area contributed by atoms with Crippen LogP contribution < -0.4 is 9.47 Å². The van der Waals surface area contributed by atoms with E-state index in [4.69, 9.17) is 21.1 Å². The van der Waals surface area contributed by atoms with Gasteiger partial charge in [-0.15, -0.1) is 0 Å². The number of aromatic nitrogens is 2. The van der Waals surface area contributed by atoms with Crippen molar-refractivity contribution in [1.29, 1.82) is 0 Å². The van der Waals surface area contributed by atoms with Gasteiger partial charge in [0, 0.05) is 23.8 Å². The summed E-state index contributed by atoms with van der Waals surface area (Å²) in [6, 6.07) is 6.23. The molecule has 9 heteroatoms. The van der Waals surface area contributed by atoms with Crippen LogP contribution in [0.3, 0.4) is 0 Å². The Balaban J connectivity index is 1.81. The zero-order chi connectivity index (χ0) is 18.7. The number of sulfonamides is 1. The SMILES string of the molecule is COc1ccc(Cl)cc1S(=O)(=O)N1CCCC(Oc2ccnc(C)n2)C1. The summed E-state index contributed by atoms with van der Waals surface area (Å²) >= 11 is 5.99. The Morgan fingerprint density at radius 2 is 2.12 bits per heavy atom. The molecule has 140 valence electrons. The van der Waals surface area contributed by atoms with Crippen molar-refractivity contribution >= 4 is 21.6 Å². The summed E-state index contributed by atoms with van der Waals surface area (Å²) in [6.45, 7) is 2.43. The molecule has 2 heterocycles. The van der Waals surface area contributed by atoms with E-state index >= 15 is 0 Å². The second kappa shape index (κ2) is 7.77. The number of methoxy groups -OCH3 is 1. The minimum atomic E-state index is -3.75. The predicted molar refractivity (Wildman–Crippen MR) is 97.2 cm³/mol. The molecule has 1 atom stereocenters. The van der Waals surface area contributed by atoms with Crippen LogP contribution in [0.25, 0.3) is 0 Å². The van der Waals surface area contributed by atoms with E-state index in [1.165, 1.54) is 17.5 Å². The van der Waals surface area contributed by atoms with Crippen LogP contribution in [0.1, 0.15) is 18.7 Å². The summed E-state index contributed by atoms with van der Waals surface area (Å²) in [5.74, 6) is 1.32. The van der Waals surface area contributed by atoms with Crippen LogP contribution in [0.4, 0.5) is 0 Å². The Kier molecular flexibility index (Phi) is 5.64. The van der Waals surface area contributed by atoms with Crippen molar-refractivity contribution in [2.75, 3.05) is 20.2 Å². The van der Waals surface area contributed by atoms with Crippen LogP contribution in [0.15, 0.2) is 35.4 Å². The highest BCUT2D eigenvalue weighted by Crippen LogP contribution is 2.31. The second-order valence-electron chi connectivity index (χ2n) is 5.98. The number of ether oxygens (including phenoxy) is 2. The van der Waals surface area contributed by atoms with E-state index in [9.17, 15) is 8.42 Å². The molecule has 1 aromatic heterocycles. The predicted octanol–water partition coefficient (Wildman–Crippen LogP) is 2.68. The maximum Gasteiger partial charge on any atom is 0.246 e. The molecule has 0 saturated carbocycles. The van der Waals surface area contributed by atoms with E-state index < -0.39 is 10.0 Å². The van der Waals surface area contributed by atoms with E-state index in [1.54, 1.807) is 31.3 Å². The highest BCUT2D eigenvalue weighted by Gasteiger charge is 2.33. The number of aryl methyl sites for hydroxylation is 1. The molecule has 1 saturated heterocycles. The average molecular weight is 398 g/mol. The zero-order valence-electron chi connectivity index (χ0n) is 14.6. The number of piperidine rings is 1. The maximum atomic E-state index is 13.1. The van der Waals surface area contributed by atoms with Gasteiger partial charge in [-0.3, -0.25) is 0 Å². The van der Waals surface area contributed by atoms with Gasteiger partial charge in [0.15, 0.2) is 0 Å². The standard InChI is InChI=1S/C17H20ClN3O4S/c1-12-19-8-7-17(20-12)25-14-4-3-9-21(11-14)26(22,23)16-10-13(18)5-6-15(16)24-2/h5-8,10,14H,3-4,9,11H2,1-2H3. The van der Waals surface area contributed by atoms with Crippen LogP contribution in [0, 0.1) is 6.92 Å². The first kappa shape index (κ1) is 18.9. The van der Waals surface area contributed by atoms with E-state index in [-0.39, 0.29) is 23.3 Å². The minimum absolute atomic E-state index is 0.0611. The molecule has 26 heavy (non-hydrogen) atoms. The maximum absolute atomic E-state index is 13.1. The van der Waals surface area contributed by atoms with Gasteiger partial charge < -0.3 is 9.47 Å². The molecule has 1 unspecified atom stereocenters. The molecule has 7 nitrogen and oxygen atoms in total. The van der Waals surface area contributed by atoms with Crippen molar-refractivity contribution in [3.05, 3.63) is 41.3 Å². The van der Waals surface area contributed by atoms with E-state index in [1.807, 2.05) is 0 Å².